The van der Waals surface area contributed by atoms with Crippen LogP contribution in [0.1, 0.15) is 12.0 Å². The van der Waals surface area contributed by atoms with Crippen LogP contribution in [0.3, 0.4) is 0 Å². The Hall–Kier alpha value is -0.990. The van der Waals surface area contributed by atoms with Gasteiger partial charge in [-0.3, -0.25) is 0 Å². The topological polar surface area (TPSA) is 76.7 Å². The summed E-state index contributed by atoms with van der Waals surface area (Å²) in [5.41, 5.74) is 0.480. The van der Waals surface area contributed by atoms with Crippen LogP contribution < -0.4 is 10.0 Å². The van der Waals surface area contributed by atoms with Crippen molar-refractivity contribution < 1.29 is 17.9 Å². The molecule has 0 aromatic heterocycles. The Kier molecular flexibility index (Phi) is 5.34. The van der Waals surface area contributed by atoms with E-state index < -0.39 is 15.6 Å². The van der Waals surface area contributed by atoms with E-state index in [1.165, 1.54) is 0 Å². The number of rotatable bonds is 7. The quantitative estimate of drug-likeness (QED) is 0.766. The lowest BCUT2D eigenvalue weighted by molar-refractivity contribution is -0.0120. The van der Waals surface area contributed by atoms with Gasteiger partial charge in [0.2, 0.25) is 10.0 Å². The molecule has 1 aromatic rings. The molecule has 1 unspecified atom stereocenters. The molecule has 0 saturated carbocycles. The molecular weight excluding hydrogens is 292 g/mol. The molecule has 2 N–H and O–H groups in total. The average Bonchev–Trinajstić information content (AvgIpc) is 2.96. The highest BCUT2D eigenvalue weighted by Gasteiger charge is 2.36. The van der Waals surface area contributed by atoms with Gasteiger partial charge in [-0.2, -0.15) is 0 Å². The SMILES string of the molecule is CNCc1ccc(S(=O)(=O)NCC2(OC)CCOC2)cc1. The molecule has 2 rings (SSSR count). The minimum Gasteiger partial charge on any atom is -0.378 e. The molecule has 1 aliphatic heterocycles. The fourth-order valence-electron chi connectivity index (χ4n) is 2.26. The molecule has 0 aliphatic carbocycles. The number of benzene rings is 1. The van der Waals surface area contributed by atoms with Crippen LogP contribution in [0.2, 0.25) is 0 Å². The zero-order valence-electron chi connectivity index (χ0n) is 12.4. The van der Waals surface area contributed by atoms with Gasteiger partial charge in [-0.05, 0) is 24.7 Å². The first-order valence-corrected chi connectivity index (χ1v) is 8.36. The van der Waals surface area contributed by atoms with Gasteiger partial charge in [0.25, 0.3) is 0 Å². The number of methoxy groups -OCH3 is 1. The maximum absolute atomic E-state index is 12.3. The molecule has 1 aliphatic rings. The van der Waals surface area contributed by atoms with Gasteiger partial charge in [0.1, 0.15) is 5.60 Å². The predicted molar refractivity (Wildman–Crippen MR) is 79.6 cm³/mol. The van der Waals surface area contributed by atoms with Gasteiger partial charge in [0, 0.05) is 33.2 Å². The molecule has 6 nitrogen and oxygen atoms in total. The minimum atomic E-state index is -3.53. The fraction of sp³-hybridized carbons (Fsp3) is 0.571. The predicted octanol–water partition coefficient (Wildman–Crippen LogP) is 0.490. The Labute approximate surface area is 125 Å². The highest BCUT2D eigenvalue weighted by Crippen LogP contribution is 2.22. The van der Waals surface area contributed by atoms with Crippen molar-refractivity contribution in [1.29, 1.82) is 0 Å². The number of nitrogens with one attached hydrogen (secondary N) is 2. The number of sulfonamides is 1. The second-order valence-corrected chi connectivity index (χ2v) is 6.96. The third-order valence-corrected chi connectivity index (χ3v) is 5.12. The standard InChI is InChI=1S/C14H22N2O4S/c1-15-9-12-3-5-13(6-4-12)21(17,18)16-10-14(19-2)7-8-20-11-14/h3-6,15-16H,7-11H2,1-2H3. The fourth-order valence-corrected chi connectivity index (χ4v) is 3.38. The Morgan fingerprint density at radius 3 is 2.57 bits per heavy atom. The van der Waals surface area contributed by atoms with Gasteiger partial charge >= 0.3 is 0 Å². The average molecular weight is 314 g/mol. The number of hydrogen-bond donors (Lipinski definition) is 2. The Morgan fingerprint density at radius 1 is 1.33 bits per heavy atom. The van der Waals surface area contributed by atoms with Crippen molar-refractivity contribution in [2.24, 2.45) is 0 Å². The van der Waals surface area contributed by atoms with E-state index in [4.69, 9.17) is 9.47 Å². The summed E-state index contributed by atoms with van der Waals surface area (Å²) in [4.78, 5) is 0.257. The summed E-state index contributed by atoms with van der Waals surface area (Å²) in [5.74, 6) is 0. The zero-order chi connectivity index (χ0) is 15.3. The van der Waals surface area contributed by atoms with Crippen molar-refractivity contribution in [3.63, 3.8) is 0 Å². The molecule has 1 heterocycles. The molecule has 0 amide bonds. The molecule has 1 aromatic carbocycles. The van der Waals surface area contributed by atoms with Crippen LogP contribution in [0, 0.1) is 0 Å². The lowest BCUT2D eigenvalue weighted by Gasteiger charge is -2.25. The first kappa shape index (κ1) is 16.4. The van der Waals surface area contributed by atoms with Gasteiger partial charge < -0.3 is 14.8 Å². The molecule has 1 saturated heterocycles. The molecule has 1 atom stereocenters. The molecule has 21 heavy (non-hydrogen) atoms. The number of hydrogen-bond acceptors (Lipinski definition) is 5. The van der Waals surface area contributed by atoms with Crippen molar-refractivity contribution in [2.75, 3.05) is 33.9 Å². The molecule has 0 spiro atoms. The molecule has 118 valence electrons. The van der Waals surface area contributed by atoms with Gasteiger partial charge in [-0.1, -0.05) is 12.1 Å². The zero-order valence-corrected chi connectivity index (χ0v) is 13.2. The van der Waals surface area contributed by atoms with Crippen LogP contribution in [0.15, 0.2) is 29.2 Å². The molecule has 0 bridgehead atoms. The van der Waals surface area contributed by atoms with Crippen LogP contribution in [0.5, 0.6) is 0 Å². The van der Waals surface area contributed by atoms with Crippen molar-refractivity contribution in [1.82, 2.24) is 10.0 Å². The Balaban J connectivity index is 2.04. The normalized spacial score (nSPS) is 22.6. The minimum absolute atomic E-state index is 0.212. The van der Waals surface area contributed by atoms with E-state index in [0.717, 1.165) is 5.56 Å². The smallest absolute Gasteiger partial charge is 0.240 e. The monoisotopic (exact) mass is 314 g/mol. The van der Waals surface area contributed by atoms with Crippen molar-refractivity contribution in [3.8, 4) is 0 Å². The van der Waals surface area contributed by atoms with E-state index in [-0.39, 0.29) is 11.4 Å². The van der Waals surface area contributed by atoms with E-state index in [1.54, 1.807) is 31.4 Å². The van der Waals surface area contributed by atoms with E-state index >= 15 is 0 Å². The highest BCUT2D eigenvalue weighted by atomic mass is 32.2. The van der Waals surface area contributed by atoms with Crippen molar-refractivity contribution >= 4 is 10.0 Å². The summed E-state index contributed by atoms with van der Waals surface area (Å²) in [7, 11) is -0.107. The van der Waals surface area contributed by atoms with Crippen LogP contribution in [-0.4, -0.2) is 47.9 Å². The van der Waals surface area contributed by atoms with E-state index in [2.05, 4.69) is 10.0 Å². The summed E-state index contributed by atoms with van der Waals surface area (Å²) in [6.45, 7) is 1.92. The third kappa shape index (κ3) is 4.02. The largest absolute Gasteiger partial charge is 0.378 e. The van der Waals surface area contributed by atoms with Gasteiger partial charge in [-0.25, -0.2) is 13.1 Å². The summed E-state index contributed by atoms with van der Waals surface area (Å²) < 4.78 is 37.9. The molecular formula is C14H22N2O4S. The van der Waals surface area contributed by atoms with Crippen molar-refractivity contribution in [2.45, 2.75) is 23.5 Å². The number of ether oxygens (including phenoxy) is 2. The first-order valence-electron chi connectivity index (χ1n) is 6.87. The second-order valence-electron chi connectivity index (χ2n) is 5.19. The first-order chi connectivity index (χ1) is 10.0. The van der Waals surface area contributed by atoms with Crippen LogP contribution in [-0.2, 0) is 26.0 Å². The summed E-state index contributed by atoms with van der Waals surface area (Å²) in [6.07, 6.45) is 0.688. The van der Waals surface area contributed by atoms with E-state index in [0.29, 0.717) is 26.2 Å². The van der Waals surface area contributed by atoms with E-state index in [1.807, 2.05) is 7.05 Å². The Morgan fingerprint density at radius 2 is 2.05 bits per heavy atom. The highest BCUT2D eigenvalue weighted by molar-refractivity contribution is 7.89. The lowest BCUT2D eigenvalue weighted by Crippen LogP contribution is -2.44. The second kappa shape index (κ2) is 6.85. The van der Waals surface area contributed by atoms with Gasteiger partial charge in [-0.15, -0.1) is 0 Å². The van der Waals surface area contributed by atoms with Crippen molar-refractivity contribution in [3.05, 3.63) is 29.8 Å². The maximum atomic E-state index is 12.3. The van der Waals surface area contributed by atoms with Crippen LogP contribution in [0.4, 0.5) is 0 Å². The van der Waals surface area contributed by atoms with Crippen LogP contribution in [0.25, 0.3) is 0 Å². The lowest BCUT2D eigenvalue weighted by atomic mass is 10.0. The summed E-state index contributed by atoms with van der Waals surface area (Å²) in [5, 5.41) is 3.02. The van der Waals surface area contributed by atoms with Crippen LogP contribution >= 0.6 is 0 Å². The third-order valence-electron chi connectivity index (χ3n) is 3.70. The summed E-state index contributed by atoms with van der Waals surface area (Å²) in [6, 6.07) is 6.82. The summed E-state index contributed by atoms with van der Waals surface area (Å²) >= 11 is 0. The maximum Gasteiger partial charge on any atom is 0.240 e. The molecule has 1 fully saturated rings. The van der Waals surface area contributed by atoms with Gasteiger partial charge in [0.15, 0.2) is 0 Å². The van der Waals surface area contributed by atoms with Gasteiger partial charge in [0.05, 0.1) is 11.5 Å². The Bertz CT molecular complexity index is 551. The molecule has 7 heteroatoms. The molecule has 0 radical (unpaired) electrons. The van der Waals surface area contributed by atoms with E-state index in [9.17, 15) is 8.42 Å².